The quantitative estimate of drug-likeness (QED) is 0.249. The van der Waals surface area contributed by atoms with Gasteiger partial charge in [0, 0.05) is 30.3 Å². The van der Waals surface area contributed by atoms with Crippen molar-refractivity contribution in [1.82, 2.24) is 4.90 Å². The van der Waals surface area contributed by atoms with Gasteiger partial charge in [-0.1, -0.05) is 18.2 Å². The topological polar surface area (TPSA) is 89.0 Å². The first-order valence-corrected chi connectivity index (χ1v) is 11.3. The molecule has 1 fully saturated rings. The molecule has 1 aromatic heterocycles. The third kappa shape index (κ3) is 4.47. The van der Waals surface area contributed by atoms with Gasteiger partial charge in [0.2, 0.25) is 0 Å². The summed E-state index contributed by atoms with van der Waals surface area (Å²) in [4.78, 5) is 30.5. The molecule has 8 heteroatoms. The SMILES string of the molecule is CCN1C(=O)/C(=C\c2ccc(-c3ccc([N+](=O)[O-])cc3C)o2)SC1=Nc1c(C)cccc1C. The summed E-state index contributed by atoms with van der Waals surface area (Å²) < 4.78 is 5.95. The van der Waals surface area contributed by atoms with Crippen molar-refractivity contribution in [3.8, 4) is 11.3 Å². The molecule has 4 rings (SSSR count). The van der Waals surface area contributed by atoms with Crippen molar-refractivity contribution >= 4 is 40.3 Å². The van der Waals surface area contributed by atoms with Crippen LogP contribution in [0, 0.1) is 30.9 Å². The molecule has 3 aromatic rings. The van der Waals surface area contributed by atoms with Crippen molar-refractivity contribution in [3.63, 3.8) is 0 Å². The normalized spacial score (nSPS) is 16.2. The Morgan fingerprint density at radius 1 is 1.09 bits per heavy atom. The number of hydrogen-bond donors (Lipinski definition) is 0. The Hall–Kier alpha value is -3.65. The Labute approximate surface area is 196 Å². The third-order valence-corrected chi connectivity index (χ3v) is 6.44. The minimum atomic E-state index is -0.422. The largest absolute Gasteiger partial charge is 0.457 e. The highest BCUT2D eigenvalue weighted by Gasteiger charge is 2.32. The van der Waals surface area contributed by atoms with E-state index in [1.165, 1.54) is 23.9 Å². The van der Waals surface area contributed by atoms with Crippen molar-refractivity contribution in [1.29, 1.82) is 0 Å². The predicted octanol–water partition coefficient (Wildman–Crippen LogP) is 6.40. The van der Waals surface area contributed by atoms with Gasteiger partial charge in [-0.2, -0.15) is 0 Å². The first-order valence-electron chi connectivity index (χ1n) is 10.5. The molecule has 7 nitrogen and oxygen atoms in total. The average molecular weight is 462 g/mol. The van der Waals surface area contributed by atoms with E-state index in [9.17, 15) is 14.9 Å². The van der Waals surface area contributed by atoms with Crippen LogP contribution in [0.5, 0.6) is 0 Å². The number of thioether (sulfide) groups is 1. The van der Waals surface area contributed by atoms with Crippen LogP contribution in [0.15, 0.2) is 62.8 Å². The Morgan fingerprint density at radius 3 is 2.45 bits per heavy atom. The number of carbonyl (C=O) groups excluding carboxylic acids is 1. The number of hydrogen-bond acceptors (Lipinski definition) is 6. The van der Waals surface area contributed by atoms with Crippen molar-refractivity contribution in [3.05, 3.63) is 86.0 Å². The fourth-order valence-corrected chi connectivity index (χ4v) is 4.72. The van der Waals surface area contributed by atoms with Crippen LogP contribution < -0.4 is 0 Å². The number of nitrogens with zero attached hydrogens (tertiary/aromatic N) is 3. The molecule has 1 saturated heterocycles. The molecular weight excluding hydrogens is 438 g/mol. The summed E-state index contributed by atoms with van der Waals surface area (Å²) in [6.07, 6.45) is 1.72. The number of aliphatic imine (C=N–C) groups is 1. The summed E-state index contributed by atoms with van der Waals surface area (Å²) in [7, 11) is 0. The lowest BCUT2D eigenvalue weighted by Crippen LogP contribution is -2.28. The average Bonchev–Trinajstić information content (AvgIpc) is 3.35. The Morgan fingerprint density at radius 2 is 1.82 bits per heavy atom. The maximum absolute atomic E-state index is 13.0. The zero-order chi connectivity index (χ0) is 23.7. The highest BCUT2D eigenvalue weighted by atomic mass is 32.2. The fraction of sp³-hybridized carbons (Fsp3) is 0.200. The van der Waals surface area contributed by atoms with Crippen LogP contribution in [-0.4, -0.2) is 27.4 Å². The molecule has 168 valence electrons. The van der Waals surface area contributed by atoms with E-state index in [1.807, 2.05) is 39.0 Å². The molecule has 0 aliphatic carbocycles. The molecule has 2 heterocycles. The second-order valence-electron chi connectivity index (χ2n) is 7.75. The van der Waals surface area contributed by atoms with Gasteiger partial charge in [0.05, 0.1) is 15.5 Å². The molecule has 0 radical (unpaired) electrons. The van der Waals surface area contributed by atoms with E-state index in [4.69, 9.17) is 9.41 Å². The highest BCUT2D eigenvalue weighted by molar-refractivity contribution is 8.18. The molecule has 1 amide bonds. The van der Waals surface area contributed by atoms with Gasteiger partial charge in [0.25, 0.3) is 11.6 Å². The molecule has 0 saturated carbocycles. The first kappa shape index (κ1) is 22.5. The number of aryl methyl sites for hydroxylation is 3. The molecule has 0 bridgehead atoms. The number of amidine groups is 1. The van der Waals surface area contributed by atoms with Crippen LogP contribution in [0.4, 0.5) is 11.4 Å². The van der Waals surface area contributed by atoms with Crippen LogP contribution >= 0.6 is 11.8 Å². The highest BCUT2D eigenvalue weighted by Crippen LogP contribution is 2.36. The summed E-state index contributed by atoms with van der Waals surface area (Å²) in [6.45, 7) is 8.24. The van der Waals surface area contributed by atoms with Gasteiger partial charge >= 0.3 is 0 Å². The van der Waals surface area contributed by atoms with Crippen LogP contribution in [0.2, 0.25) is 0 Å². The summed E-state index contributed by atoms with van der Waals surface area (Å²) >= 11 is 1.32. The van der Waals surface area contributed by atoms with E-state index in [-0.39, 0.29) is 11.6 Å². The maximum Gasteiger partial charge on any atom is 0.269 e. The van der Waals surface area contributed by atoms with Gasteiger partial charge in [-0.15, -0.1) is 0 Å². The van der Waals surface area contributed by atoms with Crippen LogP contribution in [0.25, 0.3) is 17.4 Å². The minimum Gasteiger partial charge on any atom is -0.457 e. The van der Waals surface area contributed by atoms with Gasteiger partial charge in [-0.05, 0) is 74.3 Å². The molecule has 2 aromatic carbocycles. The summed E-state index contributed by atoms with van der Waals surface area (Å²) in [5, 5.41) is 11.6. The number of amides is 1. The minimum absolute atomic E-state index is 0.0356. The van der Waals surface area contributed by atoms with Gasteiger partial charge in [-0.25, -0.2) is 4.99 Å². The lowest BCUT2D eigenvalue weighted by atomic mass is 10.1. The van der Waals surface area contributed by atoms with Crippen molar-refractivity contribution in [2.45, 2.75) is 27.7 Å². The number of non-ortho nitro benzene ring substituents is 1. The van der Waals surface area contributed by atoms with Crippen LogP contribution in [0.1, 0.15) is 29.4 Å². The lowest BCUT2D eigenvalue weighted by molar-refractivity contribution is -0.384. The first-order chi connectivity index (χ1) is 15.8. The smallest absolute Gasteiger partial charge is 0.269 e. The third-order valence-electron chi connectivity index (χ3n) is 5.44. The Bertz CT molecular complexity index is 1300. The number of likely N-dealkylation sites (N-methyl/N-ethyl adjacent to an activating group) is 1. The van der Waals surface area contributed by atoms with Crippen molar-refractivity contribution in [2.24, 2.45) is 4.99 Å². The predicted molar refractivity (Wildman–Crippen MR) is 132 cm³/mol. The Balaban J connectivity index is 1.64. The number of furan rings is 1. The summed E-state index contributed by atoms with van der Waals surface area (Å²) in [5.74, 6) is 1.00. The molecular formula is C25H23N3O4S. The standard InChI is InChI=1S/C25H23N3O4S/c1-5-27-24(29)22(33-25(27)26-23-15(2)7-6-8-16(23)3)14-19-10-12-21(32-19)20-11-9-18(28(30)31)13-17(20)4/h6-14H,5H2,1-4H3/b22-14+,26-25?. The number of para-hydroxylation sites is 1. The number of benzene rings is 2. The van der Waals surface area contributed by atoms with Crippen LogP contribution in [0.3, 0.4) is 0 Å². The molecule has 0 spiro atoms. The Kier molecular flexibility index (Phi) is 6.20. The van der Waals surface area contributed by atoms with Crippen molar-refractivity contribution < 1.29 is 14.1 Å². The van der Waals surface area contributed by atoms with Gasteiger partial charge < -0.3 is 4.42 Å². The zero-order valence-corrected chi connectivity index (χ0v) is 19.6. The lowest BCUT2D eigenvalue weighted by Gasteiger charge is -2.13. The van der Waals surface area contributed by atoms with E-state index < -0.39 is 4.92 Å². The molecule has 1 aliphatic heterocycles. The van der Waals surface area contributed by atoms with Gasteiger partial charge in [-0.3, -0.25) is 19.8 Å². The molecule has 0 N–H and O–H groups in total. The van der Waals surface area contributed by atoms with E-state index in [0.29, 0.717) is 28.1 Å². The van der Waals surface area contributed by atoms with Crippen molar-refractivity contribution in [2.75, 3.05) is 6.54 Å². The monoisotopic (exact) mass is 461 g/mol. The summed E-state index contributed by atoms with van der Waals surface area (Å²) in [5.41, 5.74) is 4.53. The number of rotatable bonds is 5. The fourth-order valence-electron chi connectivity index (χ4n) is 3.69. The van der Waals surface area contributed by atoms with E-state index in [1.54, 1.807) is 36.1 Å². The molecule has 0 unspecified atom stereocenters. The van der Waals surface area contributed by atoms with E-state index in [0.717, 1.165) is 27.9 Å². The van der Waals surface area contributed by atoms with E-state index >= 15 is 0 Å². The second-order valence-corrected chi connectivity index (χ2v) is 8.76. The van der Waals surface area contributed by atoms with Gasteiger partial charge in [0.15, 0.2) is 5.17 Å². The molecule has 33 heavy (non-hydrogen) atoms. The number of carbonyl (C=O) groups is 1. The maximum atomic E-state index is 13.0. The number of nitro benzene ring substituents is 1. The second kappa shape index (κ2) is 9.07. The van der Waals surface area contributed by atoms with Gasteiger partial charge in [0.1, 0.15) is 11.5 Å². The van der Waals surface area contributed by atoms with Crippen LogP contribution in [-0.2, 0) is 4.79 Å². The summed E-state index contributed by atoms with van der Waals surface area (Å²) in [6, 6.07) is 14.2. The molecule has 1 aliphatic rings. The van der Waals surface area contributed by atoms with E-state index in [2.05, 4.69) is 0 Å². The molecule has 0 atom stereocenters. The number of nitro groups is 1. The zero-order valence-electron chi connectivity index (χ0n) is 18.8.